The van der Waals surface area contributed by atoms with Crippen molar-refractivity contribution in [2.45, 2.75) is 63.3 Å². The number of rotatable bonds is 8. The monoisotopic (exact) mass is 542 g/mol. The molecule has 0 aromatic carbocycles. The molecule has 1 aromatic rings. The van der Waals surface area contributed by atoms with Gasteiger partial charge in [-0.25, -0.2) is 9.11 Å². The SMILES string of the molecule is C=C1[C@@H](O)[C@@H](OP(=O)([O-])OP(=O)([O-])OC[C@H]2O[C@@H](n3cc(C)c(=O)[nH]c3=O)C[C@@H]2O)O[C@H](C)[C@H]1O. The maximum absolute atomic E-state index is 12.0. The molecule has 35 heavy (non-hydrogen) atoms. The number of aryl methyl sites for hydroxylation is 1. The molecule has 3 heterocycles. The Labute approximate surface area is 197 Å². The lowest BCUT2D eigenvalue weighted by Gasteiger charge is -2.40. The summed E-state index contributed by atoms with van der Waals surface area (Å²) < 4.78 is 48.4. The average Bonchev–Trinajstić information content (AvgIpc) is 3.11. The minimum atomic E-state index is -5.69. The molecule has 18 heteroatoms. The largest absolute Gasteiger partial charge is 0.756 e. The Morgan fingerprint density at radius 3 is 2.51 bits per heavy atom. The van der Waals surface area contributed by atoms with Crippen LogP contribution in [0.1, 0.15) is 25.1 Å². The predicted octanol–water partition coefficient (Wildman–Crippen LogP) is -2.50. The molecule has 0 radical (unpaired) electrons. The Morgan fingerprint density at radius 2 is 1.86 bits per heavy atom. The first kappa shape index (κ1) is 28.1. The third kappa shape index (κ3) is 6.63. The van der Waals surface area contributed by atoms with Gasteiger partial charge < -0.3 is 39.1 Å². The summed E-state index contributed by atoms with van der Waals surface area (Å²) in [5, 5.41) is 29.8. The summed E-state index contributed by atoms with van der Waals surface area (Å²) in [6.45, 7) is 5.27. The lowest BCUT2D eigenvalue weighted by Crippen LogP contribution is -2.48. The van der Waals surface area contributed by atoms with Crippen molar-refractivity contribution < 1.29 is 57.1 Å². The van der Waals surface area contributed by atoms with E-state index in [4.69, 9.17) is 9.47 Å². The second-order valence-corrected chi connectivity index (χ2v) is 10.9. The maximum atomic E-state index is 12.0. The van der Waals surface area contributed by atoms with Gasteiger partial charge in [-0.15, -0.1) is 0 Å². The van der Waals surface area contributed by atoms with Gasteiger partial charge in [0.25, 0.3) is 21.2 Å². The number of ether oxygens (including phenoxy) is 2. The molecule has 2 aliphatic heterocycles. The summed E-state index contributed by atoms with van der Waals surface area (Å²) in [6.07, 6.45) is -8.77. The molecule has 0 saturated carbocycles. The van der Waals surface area contributed by atoms with E-state index in [-0.39, 0.29) is 17.6 Å². The van der Waals surface area contributed by atoms with E-state index in [2.05, 4.69) is 24.9 Å². The van der Waals surface area contributed by atoms with Crippen LogP contribution in [0.3, 0.4) is 0 Å². The summed E-state index contributed by atoms with van der Waals surface area (Å²) >= 11 is 0. The van der Waals surface area contributed by atoms with Gasteiger partial charge in [-0.1, -0.05) is 6.58 Å². The van der Waals surface area contributed by atoms with Crippen molar-refractivity contribution in [1.82, 2.24) is 9.55 Å². The standard InChI is InChI=1S/C17H26N2O14P2/c1-7-5-19(17(24)18-15(7)23)12-4-10(20)11(31-12)6-29-34(25,26)33-35(27,28)32-16-14(22)8(2)13(21)9(3)30-16/h5,9-14,16,20-22H,2,4,6H2,1,3H3,(H,25,26)(H,27,28)(H,18,23,24)/p-2/t9-,10+,11-,12-,13+,14-,16-/m1/s1. The molecule has 0 amide bonds. The molecule has 2 unspecified atom stereocenters. The summed E-state index contributed by atoms with van der Waals surface area (Å²) in [7, 11) is -11.3. The molecule has 0 bridgehead atoms. The normalized spacial score (nSPS) is 34.9. The van der Waals surface area contributed by atoms with Gasteiger partial charge in [0.05, 0.1) is 18.8 Å². The number of phosphoric acid groups is 2. The van der Waals surface area contributed by atoms with E-state index >= 15 is 0 Å². The predicted molar refractivity (Wildman–Crippen MR) is 109 cm³/mol. The van der Waals surface area contributed by atoms with Crippen LogP contribution in [0.5, 0.6) is 0 Å². The van der Waals surface area contributed by atoms with Gasteiger partial charge in [0.2, 0.25) is 0 Å². The van der Waals surface area contributed by atoms with Crippen LogP contribution in [0.15, 0.2) is 27.9 Å². The van der Waals surface area contributed by atoms with E-state index in [0.29, 0.717) is 0 Å². The van der Waals surface area contributed by atoms with E-state index in [1.807, 2.05) is 0 Å². The maximum Gasteiger partial charge on any atom is 0.330 e. The van der Waals surface area contributed by atoms with Gasteiger partial charge >= 0.3 is 5.69 Å². The lowest BCUT2D eigenvalue weighted by atomic mass is 9.98. The molecule has 2 fully saturated rings. The Kier molecular flexibility index (Phi) is 8.38. The van der Waals surface area contributed by atoms with Crippen molar-refractivity contribution in [2.24, 2.45) is 0 Å². The van der Waals surface area contributed by atoms with Gasteiger partial charge in [-0.2, -0.15) is 0 Å². The van der Waals surface area contributed by atoms with Gasteiger partial charge in [-0.05, 0) is 19.4 Å². The first-order valence-electron chi connectivity index (χ1n) is 10.1. The third-order valence-corrected chi connectivity index (χ3v) is 7.83. The molecule has 0 spiro atoms. The topological polar surface area (TPSA) is 242 Å². The zero-order valence-electron chi connectivity index (χ0n) is 18.4. The van der Waals surface area contributed by atoms with E-state index < -0.39 is 76.5 Å². The second kappa shape index (κ2) is 10.5. The Bertz CT molecular complexity index is 1170. The van der Waals surface area contributed by atoms with Crippen molar-refractivity contribution >= 4 is 15.6 Å². The Hall–Kier alpha value is -1.52. The molecule has 0 aliphatic carbocycles. The van der Waals surface area contributed by atoms with Crippen LogP contribution in [-0.2, 0) is 32.0 Å². The number of hydrogen-bond donors (Lipinski definition) is 4. The van der Waals surface area contributed by atoms with E-state index in [0.717, 1.165) is 4.57 Å². The van der Waals surface area contributed by atoms with Gasteiger partial charge in [0.1, 0.15) is 24.5 Å². The summed E-state index contributed by atoms with van der Waals surface area (Å²) in [6, 6.07) is 0. The number of hydrogen-bond acceptors (Lipinski definition) is 14. The molecule has 3 rings (SSSR count). The minimum Gasteiger partial charge on any atom is -0.756 e. The van der Waals surface area contributed by atoms with Gasteiger partial charge in [0, 0.05) is 18.2 Å². The number of aromatic nitrogens is 2. The first-order valence-corrected chi connectivity index (χ1v) is 13.0. The smallest absolute Gasteiger partial charge is 0.330 e. The van der Waals surface area contributed by atoms with Crippen LogP contribution in [0, 0.1) is 6.92 Å². The number of nitrogens with zero attached hydrogens (tertiary/aromatic N) is 1. The fraction of sp³-hybridized carbons (Fsp3) is 0.647. The fourth-order valence-corrected chi connectivity index (χ4v) is 5.46. The van der Waals surface area contributed by atoms with E-state index in [1.165, 1.54) is 20.0 Å². The van der Waals surface area contributed by atoms with Crippen LogP contribution in [0.25, 0.3) is 0 Å². The van der Waals surface area contributed by atoms with Crippen LogP contribution < -0.4 is 21.0 Å². The zero-order valence-corrected chi connectivity index (χ0v) is 20.2. The molecular weight excluding hydrogens is 518 g/mol. The Balaban J connectivity index is 1.59. The number of aliphatic hydroxyl groups excluding tert-OH is 3. The molecule has 4 N–H and O–H groups in total. The highest BCUT2D eigenvalue weighted by Gasteiger charge is 2.41. The highest BCUT2D eigenvalue weighted by atomic mass is 31.3. The van der Waals surface area contributed by atoms with E-state index in [9.17, 15) is 43.8 Å². The number of aliphatic hydroxyl groups is 3. The van der Waals surface area contributed by atoms with Crippen molar-refractivity contribution in [3.05, 3.63) is 44.8 Å². The van der Waals surface area contributed by atoms with Gasteiger partial charge in [0.15, 0.2) is 6.29 Å². The number of nitrogens with one attached hydrogen (secondary N) is 1. The molecule has 16 nitrogen and oxygen atoms in total. The van der Waals surface area contributed by atoms with Crippen molar-refractivity contribution in [1.29, 1.82) is 0 Å². The molecule has 1 aromatic heterocycles. The van der Waals surface area contributed by atoms with Crippen LogP contribution in [-0.4, -0.2) is 68.3 Å². The van der Waals surface area contributed by atoms with E-state index in [1.54, 1.807) is 0 Å². The zero-order chi connectivity index (χ0) is 26.3. The number of aromatic amines is 1. The van der Waals surface area contributed by atoms with Crippen molar-refractivity contribution in [2.75, 3.05) is 6.61 Å². The summed E-state index contributed by atoms with van der Waals surface area (Å²) in [4.78, 5) is 49.6. The van der Waals surface area contributed by atoms with Gasteiger partial charge in [-0.3, -0.25) is 28.0 Å². The second-order valence-electron chi connectivity index (χ2n) is 7.96. The van der Waals surface area contributed by atoms with Crippen LogP contribution >= 0.6 is 15.6 Å². The minimum absolute atomic E-state index is 0.169. The molecular formula is C17H24N2O14P2-2. The molecule has 9 atom stereocenters. The Morgan fingerprint density at radius 1 is 1.20 bits per heavy atom. The summed E-state index contributed by atoms with van der Waals surface area (Å²) in [5.41, 5.74) is -1.46. The third-order valence-electron chi connectivity index (χ3n) is 5.30. The fourth-order valence-electron chi connectivity index (χ4n) is 3.39. The molecule has 2 saturated heterocycles. The quantitative estimate of drug-likeness (QED) is 0.196. The van der Waals surface area contributed by atoms with Crippen LogP contribution in [0.2, 0.25) is 0 Å². The number of phosphoric ester groups is 2. The summed E-state index contributed by atoms with van der Waals surface area (Å²) in [5.74, 6) is 0. The van der Waals surface area contributed by atoms with Crippen molar-refractivity contribution in [3.63, 3.8) is 0 Å². The molecule has 198 valence electrons. The molecule has 2 aliphatic rings. The highest BCUT2D eigenvalue weighted by Crippen LogP contribution is 2.57. The number of H-pyrrole nitrogens is 1. The highest BCUT2D eigenvalue weighted by molar-refractivity contribution is 7.59. The lowest BCUT2D eigenvalue weighted by molar-refractivity contribution is -0.273. The van der Waals surface area contributed by atoms with Crippen LogP contribution in [0.4, 0.5) is 0 Å². The average molecular weight is 542 g/mol. The first-order chi connectivity index (χ1) is 16.1. The van der Waals surface area contributed by atoms with Crippen molar-refractivity contribution in [3.8, 4) is 0 Å².